The third-order valence-corrected chi connectivity index (χ3v) is 2.80. The molecule has 100 valence electrons. The number of aryl methyl sites for hydroxylation is 1. The van der Waals surface area contributed by atoms with Crippen LogP contribution in [-0.2, 0) is 5.54 Å². The van der Waals surface area contributed by atoms with Crippen LogP contribution in [0.15, 0.2) is 30.3 Å². The molecule has 0 atom stereocenters. The second kappa shape index (κ2) is 4.97. The van der Waals surface area contributed by atoms with Crippen molar-refractivity contribution >= 4 is 0 Å². The van der Waals surface area contributed by atoms with E-state index in [4.69, 9.17) is 10.5 Å². The topological polar surface area (TPSA) is 61.0 Å². The van der Waals surface area contributed by atoms with Crippen LogP contribution in [0.3, 0.4) is 0 Å². The first kappa shape index (κ1) is 13.5. The van der Waals surface area contributed by atoms with Gasteiger partial charge >= 0.3 is 0 Å². The predicted molar refractivity (Wildman–Crippen MR) is 76.0 cm³/mol. The zero-order chi connectivity index (χ0) is 14.0. The number of nitrogens with zero attached hydrogens (tertiary/aromatic N) is 2. The van der Waals surface area contributed by atoms with Crippen LogP contribution in [-0.4, -0.2) is 17.1 Å². The molecule has 0 aliphatic rings. The summed E-state index contributed by atoms with van der Waals surface area (Å²) in [6.07, 6.45) is 0. The Bertz CT molecular complexity index is 588. The Morgan fingerprint density at radius 1 is 1.16 bits per heavy atom. The Labute approximate surface area is 113 Å². The summed E-state index contributed by atoms with van der Waals surface area (Å²) in [6, 6.07) is 9.75. The van der Waals surface area contributed by atoms with Gasteiger partial charge in [-0.3, -0.25) is 0 Å². The number of rotatable bonds is 3. The van der Waals surface area contributed by atoms with Gasteiger partial charge in [0.2, 0.25) is 0 Å². The number of methoxy groups -OCH3 is 1. The van der Waals surface area contributed by atoms with E-state index in [0.29, 0.717) is 5.82 Å². The second-order valence-corrected chi connectivity index (χ2v) is 5.17. The standard InChI is InChI=1S/C15H19N3O/c1-10-8-13(18-14(17-10)15(2,3)16)11-6-5-7-12(9-11)19-4/h5-9H,16H2,1-4H3. The fraction of sp³-hybridized carbons (Fsp3) is 0.333. The van der Waals surface area contributed by atoms with E-state index >= 15 is 0 Å². The van der Waals surface area contributed by atoms with E-state index in [1.807, 2.05) is 51.1 Å². The van der Waals surface area contributed by atoms with Crippen molar-refractivity contribution in [2.75, 3.05) is 7.11 Å². The van der Waals surface area contributed by atoms with E-state index in [9.17, 15) is 0 Å². The van der Waals surface area contributed by atoms with E-state index in [1.165, 1.54) is 0 Å². The molecule has 0 bridgehead atoms. The fourth-order valence-corrected chi connectivity index (χ4v) is 1.79. The zero-order valence-electron chi connectivity index (χ0n) is 11.8. The molecule has 0 fully saturated rings. The lowest BCUT2D eigenvalue weighted by molar-refractivity contribution is 0.415. The molecule has 0 saturated heterocycles. The van der Waals surface area contributed by atoms with Crippen molar-refractivity contribution in [3.8, 4) is 17.0 Å². The molecule has 0 unspecified atom stereocenters. The van der Waals surface area contributed by atoms with Crippen LogP contribution in [0.25, 0.3) is 11.3 Å². The highest BCUT2D eigenvalue weighted by atomic mass is 16.5. The quantitative estimate of drug-likeness (QED) is 0.918. The Kier molecular flexibility index (Phi) is 3.53. The number of aromatic nitrogens is 2. The van der Waals surface area contributed by atoms with Gasteiger partial charge < -0.3 is 10.5 Å². The minimum atomic E-state index is -0.556. The largest absolute Gasteiger partial charge is 0.497 e. The number of benzene rings is 1. The highest BCUT2D eigenvalue weighted by molar-refractivity contribution is 5.61. The minimum Gasteiger partial charge on any atom is -0.497 e. The second-order valence-electron chi connectivity index (χ2n) is 5.17. The first-order valence-corrected chi connectivity index (χ1v) is 6.19. The third-order valence-electron chi connectivity index (χ3n) is 2.80. The summed E-state index contributed by atoms with van der Waals surface area (Å²) in [4.78, 5) is 8.96. The molecule has 0 radical (unpaired) electrons. The normalized spacial score (nSPS) is 11.4. The number of hydrogen-bond donors (Lipinski definition) is 1. The highest BCUT2D eigenvalue weighted by Crippen LogP contribution is 2.24. The van der Waals surface area contributed by atoms with E-state index in [2.05, 4.69) is 9.97 Å². The van der Waals surface area contributed by atoms with Crippen molar-refractivity contribution in [2.24, 2.45) is 5.73 Å². The first-order chi connectivity index (χ1) is 8.90. The van der Waals surface area contributed by atoms with Crippen molar-refractivity contribution in [3.05, 3.63) is 41.9 Å². The summed E-state index contributed by atoms with van der Waals surface area (Å²) >= 11 is 0. The molecule has 2 aromatic rings. The zero-order valence-corrected chi connectivity index (χ0v) is 11.8. The van der Waals surface area contributed by atoms with Gasteiger partial charge in [0.25, 0.3) is 0 Å². The molecule has 2 rings (SSSR count). The first-order valence-electron chi connectivity index (χ1n) is 6.19. The Morgan fingerprint density at radius 2 is 1.89 bits per heavy atom. The molecule has 1 aromatic heterocycles. The summed E-state index contributed by atoms with van der Waals surface area (Å²) in [5.74, 6) is 1.45. The van der Waals surface area contributed by atoms with Crippen LogP contribution in [0.4, 0.5) is 0 Å². The SMILES string of the molecule is COc1cccc(-c2cc(C)nc(C(C)(C)N)n2)c1. The number of nitrogens with two attached hydrogens (primary N) is 1. The monoisotopic (exact) mass is 257 g/mol. The molecule has 0 saturated carbocycles. The lowest BCUT2D eigenvalue weighted by atomic mass is 10.0. The van der Waals surface area contributed by atoms with Crippen LogP contribution in [0.1, 0.15) is 25.4 Å². The van der Waals surface area contributed by atoms with Gasteiger partial charge in [0.1, 0.15) is 11.6 Å². The number of hydrogen-bond acceptors (Lipinski definition) is 4. The molecular formula is C15H19N3O. The van der Waals surface area contributed by atoms with Gasteiger partial charge in [-0.15, -0.1) is 0 Å². The van der Waals surface area contributed by atoms with E-state index in [1.54, 1.807) is 7.11 Å². The van der Waals surface area contributed by atoms with Crippen molar-refractivity contribution in [1.29, 1.82) is 0 Å². The van der Waals surface area contributed by atoms with E-state index in [-0.39, 0.29) is 0 Å². The molecule has 0 aliphatic carbocycles. The molecule has 1 aromatic carbocycles. The van der Waals surface area contributed by atoms with Crippen molar-refractivity contribution in [2.45, 2.75) is 26.3 Å². The van der Waals surface area contributed by atoms with Crippen LogP contribution in [0.5, 0.6) is 5.75 Å². The van der Waals surface area contributed by atoms with Gasteiger partial charge in [0.05, 0.1) is 18.3 Å². The fourth-order valence-electron chi connectivity index (χ4n) is 1.79. The van der Waals surface area contributed by atoms with Crippen molar-refractivity contribution < 1.29 is 4.74 Å². The molecular weight excluding hydrogens is 238 g/mol. The summed E-state index contributed by atoms with van der Waals surface area (Å²) in [5, 5.41) is 0. The van der Waals surface area contributed by atoms with Crippen LogP contribution < -0.4 is 10.5 Å². The third kappa shape index (κ3) is 3.09. The smallest absolute Gasteiger partial charge is 0.148 e. The minimum absolute atomic E-state index is 0.556. The van der Waals surface area contributed by atoms with E-state index < -0.39 is 5.54 Å². The van der Waals surface area contributed by atoms with Crippen LogP contribution in [0.2, 0.25) is 0 Å². The Morgan fingerprint density at radius 3 is 2.53 bits per heavy atom. The molecule has 4 nitrogen and oxygen atoms in total. The molecule has 0 aliphatic heterocycles. The average molecular weight is 257 g/mol. The van der Waals surface area contributed by atoms with Gasteiger partial charge in [-0.05, 0) is 39.0 Å². The van der Waals surface area contributed by atoms with Gasteiger partial charge in [-0.1, -0.05) is 12.1 Å². The average Bonchev–Trinajstić information content (AvgIpc) is 2.37. The van der Waals surface area contributed by atoms with Gasteiger partial charge in [-0.25, -0.2) is 9.97 Å². The van der Waals surface area contributed by atoms with Gasteiger partial charge in [-0.2, -0.15) is 0 Å². The summed E-state index contributed by atoms with van der Waals surface area (Å²) in [5.41, 5.74) is 8.28. The maximum Gasteiger partial charge on any atom is 0.148 e. The van der Waals surface area contributed by atoms with Crippen molar-refractivity contribution in [1.82, 2.24) is 9.97 Å². The predicted octanol–water partition coefficient (Wildman–Crippen LogP) is 2.65. The van der Waals surface area contributed by atoms with Gasteiger partial charge in [0.15, 0.2) is 0 Å². The van der Waals surface area contributed by atoms with Gasteiger partial charge in [0, 0.05) is 11.3 Å². The van der Waals surface area contributed by atoms with Crippen LogP contribution >= 0.6 is 0 Å². The molecule has 4 heteroatoms. The summed E-state index contributed by atoms with van der Waals surface area (Å²) in [6.45, 7) is 5.74. The molecule has 2 N–H and O–H groups in total. The molecule has 0 amide bonds. The lowest BCUT2D eigenvalue weighted by Gasteiger charge is -2.18. The Hall–Kier alpha value is -1.94. The Balaban J connectivity index is 2.53. The maximum absolute atomic E-state index is 6.08. The summed E-state index contributed by atoms with van der Waals surface area (Å²) < 4.78 is 5.24. The maximum atomic E-state index is 6.08. The molecule has 0 spiro atoms. The molecule has 1 heterocycles. The van der Waals surface area contributed by atoms with E-state index in [0.717, 1.165) is 22.7 Å². The van der Waals surface area contributed by atoms with Crippen LogP contribution in [0, 0.1) is 6.92 Å². The number of ether oxygens (including phenoxy) is 1. The molecule has 19 heavy (non-hydrogen) atoms. The lowest BCUT2D eigenvalue weighted by Crippen LogP contribution is -2.31. The van der Waals surface area contributed by atoms with Crippen molar-refractivity contribution in [3.63, 3.8) is 0 Å². The summed E-state index contributed by atoms with van der Waals surface area (Å²) in [7, 11) is 1.65. The highest BCUT2D eigenvalue weighted by Gasteiger charge is 2.19.